The van der Waals surface area contributed by atoms with Gasteiger partial charge in [-0.15, -0.1) is 0 Å². The first-order valence-electron chi connectivity index (χ1n) is 8.88. The molecule has 2 heterocycles. The van der Waals surface area contributed by atoms with Crippen molar-refractivity contribution in [3.63, 3.8) is 0 Å². The number of thiazole rings is 1. The molecule has 28 heavy (non-hydrogen) atoms. The van der Waals surface area contributed by atoms with Gasteiger partial charge >= 0.3 is 0 Å². The number of anilines is 1. The van der Waals surface area contributed by atoms with Gasteiger partial charge in [0.2, 0.25) is 0 Å². The summed E-state index contributed by atoms with van der Waals surface area (Å²) in [5.74, 6) is 0.246. The molecule has 0 spiro atoms. The van der Waals surface area contributed by atoms with Crippen molar-refractivity contribution >= 4 is 55.8 Å². The number of carbonyl (C=O) groups is 1. The predicted molar refractivity (Wildman–Crippen MR) is 113 cm³/mol. The first kappa shape index (κ1) is 19.5. The van der Waals surface area contributed by atoms with E-state index >= 15 is 0 Å². The van der Waals surface area contributed by atoms with Crippen LogP contribution in [0.5, 0.6) is 5.75 Å². The number of hydrogen-bond donors (Lipinski definition) is 0. The zero-order valence-electron chi connectivity index (χ0n) is 15.2. The Labute approximate surface area is 176 Å². The van der Waals surface area contributed by atoms with Gasteiger partial charge < -0.3 is 9.47 Å². The van der Waals surface area contributed by atoms with Gasteiger partial charge in [0.1, 0.15) is 5.75 Å². The zero-order valence-corrected chi connectivity index (χ0v) is 17.5. The molecule has 1 saturated heterocycles. The van der Waals surface area contributed by atoms with E-state index in [-0.39, 0.29) is 12.0 Å². The molecule has 1 unspecified atom stereocenters. The number of benzene rings is 2. The number of methoxy groups -OCH3 is 1. The lowest BCUT2D eigenvalue weighted by Gasteiger charge is -2.24. The van der Waals surface area contributed by atoms with E-state index in [4.69, 9.17) is 32.7 Å². The Kier molecular flexibility index (Phi) is 5.73. The lowest BCUT2D eigenvalue weighted by molar-refractivity contribution is 0.0915. The molecule has 1 aliphatic heterocycles. The quantitative estimate of drug-likeness (QED) is 0.534. The highest BCUT2D eigenvalue weighted by atomic mass is 35.5. The minimum atomic E-state index is -0.222. The first-order chi connectivity index (χ1) is 13.5. The molecule has 1 aliphatic rings. The molecule has 1 amide bonds. The SMILES string of the molecule is COc1ccc(Cl)cc1C(=O)N(CC1CCCO1)c1nc2ccc(Cl)cc2s1. The molecule has 2 aromatic carbocycles. The summed E-state index contributed by atoms with van der Waals surface area (Å²) >= 11 is 13.7. The van der Waals surface area contributed by atoms with Crippen LogP contribution >= 0.6 is 34.5 Å². The molecule has 0 N–H and O–H groups in total. The Bertz CT molecular complexity index is 1020. The average Bonchev–Trinajstić information content (AvgIpc) is 3.34. The van der Waals surface area contributed by atoms with Crippen molar-refractivity contribution in [2.24, 2.45) is 0 Å². The molecule has 0 aliphatic carbocycles. The topological polar surface area (TPSA) is 51.7 Å². The van der Waals surface area contributed by atoms with E-state index in [9.17, 15) is 4.79 Å². The zero-order chi connectivity index (χ0) is 19.7. The van der Waals surface area contributed by atoms with Crippen molar-refractivity contribution in [3.05, 3.63) is 52.0 Å². The molecule has 0 saturated carbocycles. The Morgan fingerprint density at radius 3 is 2.82 bits per heavy atom. The molecule has 0 radical (unpaired) electrons. The summed E-state index contributed by atoms with van der Waals surface area (Å²) in [4.78, 5) is 19.8. The van der Waals surface area contributed by atoms with Crippen molar-refractivity contribution in [1.29, 1.82) is 0 Å². The lowest BCUT2D eigenvalue weighted by Crippen LogP contribution is -2.37. The maximum Gasteiger partial charge on any atom is 0.263 e. The molecular weight excluding hydrogens is 419 g/mol. The number of hydrogen-bond acceptors (Lipinski definition) is 5. The Balaban J connectivity index is 1.76. The van der Waals surface area contributed by atoms with Crippen molar-refractivity contribution in [2.45, 2.75) is 18.9 Å². The van der Waals surface area contributed by atoms with Gasteiger partial charge in [-0.2, -0.15) is 0 Å². The minimum Gasteiger partial charge on any atom is -0.496 e. The van der Waals surface area contributed by atoms with E-state index in [1.807, 2.05) is 12.1 Å². The fourth-order valence-electron chi connectivity index (χ4n) is 3.23. The largest absolute Gasteiger partial charge is 0.496 e. The van der Waals surface area contributed by atoms with Gasteiger partial charge in [0.15, 0.2) is 5.13 Å². The van der Waals surface area contributed by atoms with Crippen LogP contribution in [0.25, 0.3) is 10.2 Å². The van der Waals surface area contributed by atoms with Crippen molar-refractivity contribution < 1.29 is 14.3 Å². The van der Waals surface area contributed by atoms with Crippen LogP contribution in [0, 0.1) is 0 Å². The van der Waals surface area contributed by atoms with E-state index < -0.39 is 0 Å². The van der Waals surface area contributed by atoms with Gasteiger partial charge in [-0.3, -0.25) is 9.69 Å². The van der Waals surface area contributed by atoms with Gasteiger partial charge in [0.05, 0.1) is 35.5 Å². The van der Waals surface area contributed by atoms with Crippen LogP contribution in [0.2, 0.25) is 10.0 Å². The number of fused-ring (bicyclic) bond motifs is 1. The summed E-state index contributed by atoms with van der Waals surface area (Å²) in [5, 5.41) is 1.70. The monoisotopic (exact) mass is 436 g/mol. The van der Waals surface area contributed by atoms with Gasteiger partial charge in [-0.25, -0.2) is 4.98 Å². The van der Waals surface area contributed by atoms with Gasteiger partial charge in [0.25, 0.3) is 5.91 Å². The third-order valence-corrected chi connectivity index (χ3v) is 6.13. The fraction of sp³-hybridized carbons (Fsp3) is 0.300. The van der Waals surface area contributed by atoms with Crippen molar-refractivity contribution in [2.75, 3.05) is 25.2 Å². The van der Waals surface area contributed by atoms with Crippen LogP contribution in [0.4, 0.5) is 5.13 Å². The van der Waals surface area contributed by atoms with Crippen LogP contribution in [0.1, 0.15) is 23.2 Å². The predicted octanol–water partition coefficient (Wildman–Crippen LogP) is 5.44. The number of ether oxygens (including phenoxy) is 2. The van der Waals surface area contributed by atoms with Crippen LogP contribution in [0.3, 0.4) is 0 Å². The Morgan fingerprint density at radius 2 is 2.07 bits per heavy atom. The molecule has 4 rings (SSSR count). The fourth-order valence-corrected chi connectivity index (χ4v) is 4.66. The Morgan fingerprint density at radius 1 is 1.29 bits per heavy atom. The van der Waals surface area contributed by atoms with Gasteiger partial charge in [-0.05, 0) is 49.2 Å². The van der Waals surface area contributed by atoms with Crippen LogP contribution in [-0.4, -0.2) is 37.3 Å². The van der Waals surface area contributed by atoms with E-state index in [0.717, 1.165) is 23.1 Å². The highest BCUT2D eigenvalue weighted by Gasteiger charge is 2.28. The van der Waals surface area contributed by atoms with E-state index in [2.05, 4.69) is 4.98 Å². The number of nitrogens with zero attached hydrogens (tertiary/aromatic N) is 2. The molecule has 1 aromatic heterocycles. The first-order valence-corrected chi connectivity index (χ1v) is 10.5. The molecule has 0 bridgehead atoms. The molecule has 146 valence electrons. The number of amides is 1. The number of rotatable bonds is 5. The van der Waals surface area contributed by atoms with Crippen LogP contribution in [-0.2, 0) is 4.74 Å². The second kappa shape index (κ2) is 8.25. The molecule has 8 heteroatoms. The average molecular weight is 437 g/mol. The highest BCUT2D eigenvalue weighted by molar-refractivity contribution is 7.22. The summed E-state index contributed by atoms with van der Waals surface area (Å²) in [7, 11) is 1.53. The van der Waals surface area contributed by atoms with Crippen LogP contribution in [0.15, 0.2) is 36.4 Å². The molecule has 5 nitrogen and oxygen atoms in total. The van der Waals surface area contributed by atoms with Crippen molar-refractivity contribution in [1.82, 2.24) is 4.98 Å². The second-order valence-electron chi connectivity index (χ2n) is 6.50. The van der Waals surface area contributed by atoms with E-state index in [1.165, 1.54) is 18.4 Å². The summed E-state index contributed by atoms with van der Waals surface area (Å²) in [6.07, 6.45) is 1.88. The third kappa shape index (κ3) is 3.96. The number of halogens is 2. The summed E-state index contributed by atoms with van der Waals surface area (Å²) in [6, 6.07) is 10.5. The van der Waals surface area contributed by atoms with Crippen LogP contribution < -0.4 is 9.64 Å². The number of carbonyl (C=O) groups excluding carboxylic acids is 1. The smallest absolute Gasteiger partial charge is 0.263 e. The van der Waals surface area contributed by atoms with E-state index in [0.29, 0.717) is 39.6 Å². The van der Waals surface area contributed by atoms with Gasteiger partial charge in [0, 0.05) is 16.7 Å². The summed E-state index contributed by atoms with van der Waals surface area (Å²) in [6.45, 7) is 1.13. The maximum absolute atomic E-state index is 13.5. The lowest BCUT2D eigenvalue weighted by atomic mass is 10.1. The number of aromatic nitrogens is 1. The van der Waals surface area contributed by atoms with Gasteiger partial charge in [-0.1, -0.05) is 34.5 Å². The van der Waals surface area contributed by atoms with Crippen molar-refractivity contribution in [3.8, 4) is 5.75 Å². The van der Waals surface area contributed by atoms with E-state index in [1.54, 1.807) is 29.2 Å². The molecule has 1 fully saturated rings. The summed E-state index contributed by atoms with van der Waals surface area (Å²) < 4.78 is 12.1. The molecular formula is C20H18Cl2N2O3S. The molecule has 1 atom stereocenters. The Hall–Kier alpha value is -1.86. The normalized spacial score (nSPS) is 16.5. The standard InChI is InChI=1S/C20H18Cl2N2O3S/c1-26-17-7-5-12(21)9-15(17)19(25)24(11-14-3-2-8-27-14)20-23-16-6-4-13(22)10-18(16)28-20/h4-7,9-10,14H,2-3,8,11H2,1H3. The second-order valence-corrected chi connectivity index (χ2v) is 8.39. The third-order valence-electron chi connectivity index (χ3n) is 4.62. The minimum absolute atomic E-state index is 0.0234. The highest BCUT2D eigenvalue weighted by Crippen LogP contribution is 2.34. The maximum atomic E-state index is 13.5. The molecule has 3 aromatic rings. The summed E-state index contributed by atoms with van der Waals surface area (Å²) in [5.41, 5.74) is 1.19.